The van der Waals surface area contributed by atoms with Gasteiger partial charge in [0.25, 0.3) is 0 Å². The van der Waals surface area contributed by atoms with Gasteiger partial charge in [-0.1, -0.05) is 0 Å². The van der Waals surface area contributed by atoms with Crippen LogP contribution in [-0.2, 0) is 11.8 Å². The van der Waals surface area contributed by atoms with Gasteiger partial charge >= 0.3 is 0 Å². The summed E-state index contributed by atoms with van der Waals surface area (Å²) in [6, 6.07) is 0.232. The van der Waals surface area contributed by atoms with Crippen LogP contribution in [0.25, 0.3) is 0 Å². The number of nitrogens with two attached hydrogens (primary N) is 1. The molecule has 0 saturated heterocycles. The summed E-state index contributed by atoms with van der Waals surface area (Å²) in [6.07, 6.45) is 9.72. The highest BCUT2D eigenvalue weighted by Gasteiger charge is 2.52. The summed E-state index contributed by atoms with van der Waals surface area (Å²) in [5.74, 6) is 3.01. The molecule has 0 spiro atoms. The third kappa shape index (κ3) is 2.06. The molecule has 1 aromatic rings. The van der Waals surface area contributed by atoms with E-state index in [0.29, 0.717) is 5.41 Å². The second kappa shape index (κ2) is 4.29. The van der Waals surface area contributed by atoms with Gasteiger partial charge < -0.3 is 5.73 Å². The fraction of sp³-hybridized carbons (Fsp3) is 0.812. The van der Waals surface area contributed by atoms with Crippen LogP contribution in [0.5, 0.6) is 0 Å². The van der Waals surface area contributed by atoms with Gasteiger partial charge in [-0.2, -0.15) is 0 Å². The second-order valence-corrected chi connectivity index (χ2v) is 8.45. The zero-order valence-electron chi connectivity index (χ0n) is 11.8. The van der Waals surface area contributed by atoms with Crippen molar-refractivity contribution in [2.75, 3.05) is 0 Å². The molecule has 104 valence electrons. The molecule has 4 aliphatic carbocycles. The summed E-state index contributed by atoms with van der Waals surface area (Å²) in [5.41, 5.74) is 7.79. The van der Waals surface area contributed by atoms with E-state index in [2.05, 4.69) is 12.3 Å². The molecular weight excluding hydrogens is 252 g/mol. The highest BCUT2D eigenvalue weighted by Crippen LogP contribution is 2.60. The van der Waals surface area contributed by atoms with Gasteiger partial charge in [-0.25, -0.2) is 4.98 Å². The predicted molar refractivity (Wildman–Crippen MR) is 79.3 cm³/mol. The number of hydrogen-bond donors (Lipinski definition) is 1. The molecule has 1 unspecified atom stereocenters. The van der Waals surface area contributed by atoms with E-state index in [1.165, 1.54) is 49.2 Å². The van der Waals surface area contributed by atoms with Crippen molar-refractivity contribution in [2.24, 2.45) is 23.5 Å². The number of nitrogens with zero attached hydrogens (tertiary/aromatic N) is 1. The van der Waals surface area contributed by atoms with E-state index in [0.717, 1.165) is 24.2 Å². The molecule has 4 fully saturated rings. The Balaban J connectivity index is 1.62. The van der Waals surface area contributed by atoms with Crippen LogP contribution in [0.3, 0.4) is 0 Å². The molecule has 4 saturated carbocycles. The minimum Gasteiger partial charge on any atom is -0.328 e. The molecule has 0 aromatic carbocycles. The van der Waals surface area contributed by atoms with Gasteiger partial charge in [0, 0.05) is 23.3 Å². The normalized spacial score (nSPS) is 41.7. The Morgan fingerprint density at radius 3 is 2.37 bits per heavy atom. The van der Waals surface area contributed by atoms with Gasteiger partial charge in [0.15, 0.2) is 0 Å². The van der Waals surface area contributed by atoms with Gasteiger partial charge in [0.1, 0.15) is 0 Å². The van der Waals surface area contributed by atoms with Crippen molar-refractivity contribution in [3.63, 3.8) is 0 Å². The Kier molecular flexibility index (Phi) is 2.79. The quantitative estimate of drug-likeness (QED) is 0.917. The van der Waals surface area contributed by atoms with Gasteiger partial charge in [0.05, 0.1) is 10.7 Å². The molecule has 0 radical (unpaired) electrons. The maximum absolute atomic E-state index is 5.91. The number of hydrogen-bond acceptors (Lipinski definition) is 3. The lowest BCUT2D eigenvalue weighted by Gasteiger charge is -2.56. The number of thiazole rings is 1. The van der Waals surface area contributed by atoms with Gasteiger partial charge in [-0.05, 0) is 63.2 Å². The molecule has 5 rings (SSSR count). The molecule has 4 bridgehead atoms. The van der Waals surface area contributed by atoms with Crippen LogP contribution in [0.2, 0.25) is 0 Å². The lowest BCUT2D eigenvalue weighted by Crippen LogP contribution is -2.48. The number of rotatable bonds is 3. The maximum atomic E-state index is 5.91. The fourth-order valence-corrected chi connectivity index (χ4v) is 6.41. The van der Waals surface area contributed by atoms with E-state index >= 15 is 0 Å². The Bertz CT molecular complexity index is 442. The van der Waals surface area contributed by atoms with Crippen LogP contribution in [0.4, 0.5) is 0 Å². The first-order valence-electron chi connectivity index (χ1n) is 7.83. The largest absolute Gasteiger partial charge is 0.328 e. The summed E-state index contributed by atoms with van der Waals surface area (Å²) in [4.78, 5) is 4.98. The van der Waals surface area contributed by atoms with Crippen LogP contribution in [-0.4, -0.2) is 11.0 Å². The Labute approximate surface area is 119 Å². The standard InChI is InChI=1S/C16H24N2S/c1-10(17)2-15-18-14(9-19-15)16-6-11-3-12(7-16)5-13(4-11)8-16/h9-13H,2-8,17H2,1H3. The molecule has 2 N–H and O–H groups in total. The summed E-state index contributed by atoms with van der Waals surface area (Å²) < 4.78 is 0. The third-order valence-corrected chi connectivity index (χ3v) is 6.50. The van der Waals surface area contributed by atoms with E-state index in [1.54, 1.807) is 0 Å². The lowest BCUT2D eigenvalue weighted by atomic mass is 9.49. The smallest absolute Gasteiger partial charge is 0.0943 e. The molecular formula is C16H24N2S. The molecule has 2 nitrogen and oxygen atoms in total. The van der Waals surface area contributed by atoms with E-state index in [9.17, 15) is 0 Å². The van der Waals surface area contributed by atoms with Crippen LogP contribution < -0.4 is 5.73 Å². The Morgan fingerprint density at radius 2 is 1.84 bits per heavy atom. The van der Waals surface area contributed by atoms with E-state index in [1.807, 2.05) is 11.3 Å². The predicted octanol–water partition coefficient (Wildman–Crippen LogP) is 3.50. The molecule has 0 amide bonds. The van der Waals surface area contributed by atoms with Crippen molar-refractivity contribution >= 4 is 11.3 Å². The van der Waals surface area contributed by atoms with E-state index in [-0.39, 0.29) is 6.04 Å². The second-order valence-electron chi connectivity index (χ2n) is 7.51. The van der Waals surface area contributed by atoms with Crippen molar-refractivity contribution in [3.05, 3.63) is 16.1 Å². The SMILES string of the molecule is CC(N)Cc1nc(C23CC4CC(CC(C4)C2)C3)cs1. The lowest BCUT2D eigenvalue weighted by molar-refractivity contribution is -0.00698. The minimum absolute atomic E-state index is 0.232. The maximum Gasteiger partial charge on any atom is 0.0943 e. The highest BCUT2D eigenvalue weighted by atomic mass is 32.1. The van der Waals surface area contributed by atoms with Gasteiger partial charge in [-0.3, -0.25) is 0 Å². The van der Waals surface area contributed by atoms with Gasteiger partial charge in [0.2, 0.25) is 0 Å². The summed E-state index contributed by atoms with van der Waals surface area (Å²) >= 11 is 1.84. The van der Waals surface area contributed by atoms with E-state index in [4.69, 9.17) is 10.7 Å². The Hall–Kier alpha value is -0.410. The zero-order chi connectivity index (χ0) is 13.0. The van der Waals surface area contributed by atoms with Crippen LogP contribution >= 0.6 is 11.3 Å². The minimum atomic E-state index is 0.232. The molecule has 19 heavy (non-hydrogen) atoms. The molecule has 1 aromatic heterocycles. The first kappa shape index (κ1) is 12.3. The van der Waals surface area contributed by atoms with Crippen LogP contribution in [0.15, 0.2) is 5.38 Å². The average Bonchev–Trinajstić information content (AvgIpc) is 2.75. The summed E-state index contributed by atoms with van der Waals surface area (Å²) in [7, 11) is 0. The topological polar surface area (TPSA) is 38.9 Å². The average molecular weight is 276 g/mol. The van der Waals surface area contributed by atoms with Crippen LogP contribution in [0, 0.1) is 17.8 Å². The van der Waals surface area contributed by atoms with Crippen molar-refractivity contribution in [1.29, 1.82) is 0 Å². The third-order valence-electron chi connectivity index (χ3n) is 5.63. The molecule has 3 heteroatoms. The van der Waals surface area contributed by atoms with Crippen molar-refractivity contribution in [3.8, 4) is 0 Å². The van der Waals surface area contributed by atoms with Crippen molar-refractivity contribution < 1.29 is 0 Å². The summed E-state index contributed by atoms with van der Waals surface area (Å²) in [6.45, 7) is 2.08. The zero-order valence-corrected chi connectivity index (χ0v) is 12.6. The molecule has 1 heterocycles. The van der Waals surface area contributed by atoms with E-state index < -0.39 is 0 Å². The molecule has 4 aliphatic rings. The first-order chi connectivity index (χ1) is 9.13. The van der Waals surface area contributed by atoms with Crippen molar-refractivity contribution in [1.82, 2.24) is 4.98 Å². The number of aromatic nitrogens is 1. The van der Waals surface area contributed by atoms with Crippen LogP contribution in [0.1, 0.15) is 56.2 Å². The van der Waals surface area contributed by atoms with Gasteiger partial charge in [-0.15, -0.1) is 11.3 Å². The Morgan fingerprint density at radius 1 is 1.26 bits per heavy atom. The first-order valence-corrected chi connectivity index (χ1v) is 8.71. The summed E-state index contributed by atoms with van der Waals surface area (Å²) in [5, 5.41) is 3.60. The van der Waals surface area contributed by atoms with Crippen molar-refractivity contribution in [2.45, 2.75) is 63.3 Å². The molecule has 1 atom stereocenters. The molecule has 0 aliphatic heterocycles. The monoisotopic (exact) mass is 276 g/mol. The highest BCUT2D eigenvalue weighted by molar-refractivity contribution is 7.09. The fourth-order valence-electron chi connectivity index (χ4n) is 5.35.